The Hall–Kier alpha value is -0.790. The number of Topliss-reactive ketones (excluding diaryl/α,β-unsaturated/α-hetero) is 1. The molecule has 168 valence electrons. The first kappa shape index (κ1) is 21.1. The van der Waals surface area contributed by atoms with E-state index in [1.165, 1.54) is 12.8 Å². The number of aliphatic hydroxyl groups excluding tert-OH is 1. The largest absolute Gasteiger partial charge is 0.390 e. The molecule has 3 heterocycles. The Labute approximate surface area is 179 Å². The van der Waals surface area contributed by atoms with Crippen molar-refractivity contribution in [2.45, 2.75) is 119 Å². The van der Waals surface area contributed by atoms with E-state index in [0.717, 1.165) is 57.8 Å². The Morgan fingerprint density at radius 1 is 0.967 bits per heavy atom. The molecule has 6 atom stereocenters. The van der Waals surface area contributed by atoms with Gasteiger partial charge in [0.05, 0.1) is 30.5 Å². The number of hydrogen-bond acceptors (Lipinski definition) is 6. The van der Waals surface area contributed by atoms with Gasteiger partial charge in [-0.1, -0.05) is 32.3 Å². The summed E-state index contributed by atoms with van der Waals surface area (Å²) < 4.78 is 25.5. The number of hydrogen-bond donors (Lipinski definition) is 1. The molecule has 2 spiro atoms. The third kappa shape index (κ3) is 3.58. The Morgan fingerprint density at radius 2 is 1.63 bits per heavy atom. The highest BCUT2D eigenvalue weighted by Gasteiger charge is 2.60. The summed E-state index contributed by atoms with van der Waals surface area (Å²) in [6, 6.07) is 0. The number of rotatable bonds is 3. The van der Waals surface area contributed by atoms with Crippen LogP contribution in [0.5, 0.6) is 0 Å². The fraction of sp³-hybridized carbons (Fsp3) is 0.875. The van der Waals surface area contributed by atoms with E-state index in [1.54, 1.807) is 6.92 Å². The van der Waals surface area contributed by atoms with Crippen LogP contribution in [0.15, 0.2) is 12.2 Å². The molecule has 0 aromatic heterocycles. The van der Waals surface area contributed by atoms with Gasteiger partial charge in [-0.3, -0.25) is 4.79 Å². The van der Waals surface area contributed by atoms with Gasteiger partial charge in [0, 0.05) is 25.2 Å². The van der Waals surface area contributed by atoms with Gasteiger partial charge in [0.15, 0.2) is 11.6 Å². The predicted octanol–water partition coefficient (Wildman–Crippen LogP) is 3.44. The standard InChI is InChI=1S/C24H36O6/c1-15(2)19(25)22-18(17-14-27-24(29-17)11-7-4-8-12-24)20(26)21-16(28-22)13-23(30-21)9-5-3-6-10-23/h16-18,20-22,26H,1,3-14H2,2H3/t16-,17?,18+,20-,21-,22?/m0/s1. The molecule has 5 fully saturated rings. The molecule has 2 unspecified atom stereocenters. The first-order chi connectivity index (χ1) is 14.4. The van der Waals surface area contributed by atoms with Gasteiger partial charge in [-0.25, -0.2) is 0 Å². The maximum absolute atomic E-state index is 13.1. The maximum Gasteiger partial charge on any atom is 0.187 e. The van der Waals surface area contributed by atoms with E-state index in [9.17, 15) is 9.90 Å². The van der Waals surface area contributed by atoms with Gasteiger partial charge in [0.25, 0.3) is 0 Å². The molecule has 2 saturated carbocycles. The molecule has 5 rings (SSSR count). The van der Waals surface area contributed by atoms with Gasteiger partial charge in [-0.05, 0) is 38.2 Å². The molecule has 1 N–H and O–H groups in total. The van der Waals surface area contributed by atoms with Crippen LogP contribution in [0.2, 0.25) is 0 Å². The van der Waals surface area contributed by atoms with E-state index < -0.39 is 30.0 Å². The summed E-state index contributed by atoms with van der Waals surface area (Å²) in [6.07, 6.45) is 8.80. The highest BCUT2D eigenvalue weighted by atomic mass is 16.7. The number of aliphatic hydroxyl groups is 1. The maximum atomic E-state index is 13.1. The van der Waals surface area contributed by atoms with Crippen LogP contribution >= 0.6 is 0 Å². The molecular weight excluding hydrogens is 384 g/mol. The summed E-state index contributed by atoms with van der Waals surface area (Å²) in [5.74, 6) is -1.21. The van der Waals surface area contributed by atoms with Crippen molar-refractivity contribution in [3.8, 4) is 0 Å². The minimum Gasteiger partial charge on any atom is -0.390 e. The molecule has 2 aliphatic carbocycles. The summed E-state index contributed by atoms with van der Waals surface area (Å²) in [6.45, 7) is 5.95. The van der Waals surface area contributed by atoms with Crippen LogP contribution in [0, 0.1) is 5.92 Å². The van der Waals surface area contributed by atoms with Crippen molar-refractivity contribution in [2.24, 2.45) is 5.92 Å². The summed E-state index contributed by atoms with van der Waals surface area (Å²) >= 11 is 0. The molecule has 30 heavy (non-hydrogen) atoms. The van der Waals surface area contributed by atoms with Crippen molar-refractivity contribution in [3.63, 3.8) is 0 Å². The third-order valence-corrected chi connectivity index (χ3v) is 8.09. The Balaban J connectivity index is 1.40. The number of carbonyl (C=O) groups is 1. The van der Waals surface area contributed by atoms with Gasteiger partial charge in [-0.2, -0.15) is 0 Å². The van der Waals surface area contributed by atoms with Crippen LogP contribution in [0.1, 0.15) is 77.6 Å². The van der Waals surface area contributed by atoms with Crippen molar-refractivity contribution in [2.75, 3.05) is 6.61 Å². The Morgan fingerprint density at radius 3 is 2.30 bits per heavy atom. The van der Waals surface area contributed by atoms with Crippen molar-refractivity contribution in [1.82, 2.24) is 0 Å². The summed E-state index contributed by atoms with van der Waals surface area (Å²) in [5.41, 5.74) is 0.242. The molecule has 0 amide bonds. The predicted molar refractivity (Wildman–Crippen MR) is 110 cm³/mol. The number of ether oxygens (including phenoxy) is 4. The molecule has 6 heteroatoms. The average molecular weight is 421 g/mol. The SMILES string of the molecule is C=C(C)C(=O)C1O[C@H]2CC3(CCCCC3)O[C@@H]2[C@@H](O)[C@H]1C1COC2(CCCCC2)O1. The zero-order valence-electron chi connectivity index (χ0n) is 18.1. The second-order valence-corrected chi connectivity index (χ2v) is 10.3. The highest BCUT2D eigenvalue weighted by Crippen LogP contribution is 2.49. The fourth-order valence-corrected chi connectivity index (χ4v) is 6.52. The molecule has 6 nitrogen and oxygen atoms in total. The number of carbonyl (C=O) groups excluding carboxylic acids is 1. The number of fused-ring (bicyclic) bond motifs is 1. The van der Waals surface area contributed by atoms with Crippen molar-refractivity contribution >= 4 is 5.78 Å². The minimum absolute atomic E-state index is 0.143. The summed E-state index contributed by atoms with van der Waals surface area (Å²) in [5, 5.41) is 11.5. The van der Waals surface area contributed by atoms with Gasteiger partial charge in [-0.15, -0.1) is 0 Å². The second kappa shape index (κ2) is 7.96. The monoisotopic (exact) mass is 420 g/mol. The van der Waals surface area contributed by atoms with Crippen molar-refractivity contribution < 1.29 is 28.8 Å². The third-order valence-electron chi connectivity index (χ3n) is 8.09. The molecule has 5 aliphatic rings. The second-order valence-electron chi connectivity index (χ2n) is 10.3. The van der Waals surface area contributed by atoms with E-state index in [0.29, 0.717) is 12.2 Å². The van der Waals surface area contributed by atoms with Crippen LogP contribution in [-0.4, -0.2) is 59.4 Å². The van der Waals surface area contributed by atoms with E-state index in [-0.39, 0.29) is 23.6 Å². The molecule has 0 aromatic rings. The van der Waals surface area contributed by atoms with Crippen molar-refractivity contribution in [1.29, 1.82) is 0 Å². The molecule has 0 aromatic carbocycles. The van der Waals surface area contributed by atoms with Gasteiger partial charge in [0.2, 0.25) is 0 Å². The first-order valence-electron chi connectivity index (χ1n) is 11.9. The lowest BCUT2D eigenvalue weighted by atomic mass is 9.78. The van der Waals surface area contributed by atoms with Gasteiger partial charge in [0.1, 0.15) is 12.2 Å². The van der Waals surface area contributed by atoms with Crippen LogP contribution in [0.3, 0.4) is 0 Å². The van der Waals surface area contributed by atoms with Crippen LogP contribution in [0.25, 0.3) is 0 Å². The van der Waals surface area contributed by atoms with Crippen molar-refractivity contribution in [3.05, 3.63) is 12.2 Å². The van der Waals surface area contributed by atoms with E-state index in [4.69, 9.17) is 18.9 Å². The Bertz CT molecular complexity index is 677. The molecular formula is C24H36O6. The summed E-state index contributed by atoms with van der Waals surface area (Å²) in [7, 11) is 0. The van der Waals surface area contributed by atoms with E-state index in [1.807, 2.05) is 0 Å². The fourth-order valence-electron chi connectivity index (χ4n) is 6.52. The normalized spacial score (nSPS) is 42.3. The van der Waals surface area contributed by atoms with Gasteiger partial charge < -0.3 is 24.1 Å². The first-order valence-corrected chi connectivity index (χ1v) is 11.9. The zero-order valence-corrected chi connectivity index (χ0v) is 18.1. The van der Waals surface area contributed by atoms with E-state index >= 15 is 0 Å². The summed E-state index contributed by atoms with van der Waals surface area (Å²) in [4.78, 5) is 13.1. The number of ketones is 1. The van der Waals surface area contributed by atoms with Crippen LogP contribution < -0.4 is 0 Å². The lowest BCUT2D eigenvalue weighted by Crippen LogP contribution is -2.59. The Kier molecular flexibility index (Phi) is 5.60. The lowest BCUT2D eigenvalue weighted by molar-refractivity contribution is -0.233. The van der Waals surface area contributed by atoms with E-state index in [2.05, 4.69) is 6.58 Å². The zero-order chi connectivity index (χ0) is 20.9. The lowest BCUT2D eigenvalue weighted by Gasteiger charge is -2.43. The average Bonchev–Trinajstić information content (AvgIpc) is 3.30. The topological polar surface area (TPSA) is 74.2 Å². The smallest absolute Gasteiger partial charge is 0.187 e. The quantitative estimate of drug-likeness (QED) is 0.705. The van der Waals surface area contributed by atoms with Crippen LogP contribution in [0.4, 0.5) is 0 Å². The molecule has 0 radical (unpaired) electrons. The minimum atomic E-state index is -0.814. The molecule has 0 bridgehead atoms. The van der Waals surface area contributed by atoms with Gasteiger partial charge >= 0.3 is 0 Å². The molecule has 3 saturated heterocycles. The highest BCUT2D eigenvalue weighted by molar-refractivity contribution is 5.98. The molecule has 3 aliphatic heterocycles. The van der Waals surface area contributed by atoms with Crippen LogP contribution in [-0.2, 0) is 23.7 Å².